The second-order valence-electron chi connectivity index (χ2n) is 3.51. The summed E-state index contributed by atoms with van der Waals surface area (Å²) in [5.41, 5.74) is 5.35. The van der Waals surface area contributed by atoms with Crippen molar-refractivity contribution in [3.05, 3.63) is 30.3 Å². The van der Waals surface area contributed by atoms with Crippen LogP contribution >= 0.6 is 12.2 Å². The zero-order chi connectivity index (χ0) is 12.2. The molecule has 0 aliphatic rings. The number of nitrogens with two attached hydrogens (primary N) is 1. The van der Waals surface area contributed by atoms with E-state index >= 15 is 0 Å². The van der Waals surface area contributed by atoms with Crippen LogP contribution in [0.25, 0.3) is 0 Å². The summed E-state index contributed by atoms with van der Waals surface area (Å²) < 4.78 is 26.2. The Morgan fingerprint density at radius 3 is 2.50 bits per heavy atom. The maximum atomic E-state index is 11.8. The summed E-state index contributed by atoms with van der Waals surface area (Å²) in [4.78, 5) is 0.535. The molecule has 1 rings (SSSR count). The van der Waals surface area contributed by atoms with E-state index in [0.29, 0.717) is 11.4 Å². The molecular formula is C10H14N2O2S2. The van der Waals surface area contributed by atoms with Gasteiger partial charge in [-0.05, 0) is 19.1 Å². The van der Waals surface area contributed by atoms with Gasteiger partial charge in [-0.25, -0.2) is 13.1 Å². The first-order valence-corrected chi connectivity index (χ1v) is 6.66. The summed E-state index contributed by atoms with van der Waals surface area (Å²) in [7, 11) is -3.47. The van der Waals surface area contributed by atoms with Gasteiger partial charge in [-0.15, -0.1) is 0 Å². The van der Waals surface area contributed by atoms with Crippen LogP contribution in [0.1, 0.15) is 13.3 Å². The normalized spacial score (nSPS) is 13.3. The Kier molecular flexibility index (Phi) is 4.40. The minimum Gasteiger partial charge on any atom is -0.393 e. The minimum atomic E-state index is -3.47. The third kappa shape index (κ3) is 3.88. The molecule has 0 spiro atoms. The van der Waals surface area contributed by atoms with Crippen LogP contribution in [0.3, 0.4) is 0 Å². The largest absolute Gasteiger partial charge is 0.393 e. The maximum Gasteiger partial charge on any atom is 0.240 e. The van der Waals surface area contributed by atoms with Crippen molar-refractivity contribution < 1.29 is 8.42 Å². The fourth-order valence-corrected chi connectivity index (χ4v) is 2.79. The van der Waals surface area contributed by atoms with Crippen molar-refractivity contribution in [2.75, 3.05) is 0 Å². The van der Waals surface area contributed by atoms with E-state index < -0.39 is 10.0 Å². The SMILES string of the molecule is CC(CC(N)=S)NS(=O)(=O)c1ccccc1. The van der Waals surface area contributed by atoms with Crippen molar-refractivity contribution in [3.8, 4) is 0 Å². The summed E-state index contributed by atoms with van der Waals surface area (Å²) in [5.74, 6) is 0. The van der Waals surface area contributed by atoms with E-state index in [1.165, 1.54) is 12.1 Å². The van der Waals surface area contributed by atoms with E-state index in [0.717, 1.165) is 0 Å². The molecule has 4 nitrogen and oxygen atoms in total. The lowest BCUT2D eigenvalue weighted by Gasteiger charge is -2.13. The van der Waals surface area contributed by atoms with Crippen LogP contribution in [-0.4, -0.2) is 19.4 Å². The lowest BCUT2D eigenvalue weighted by molar-refractivity contribution is 0.565. The third-order valence-corrected chi connectivity index (χ3v) is 3.69. The molecule has 3 N–H and O–H groups in total. The second-order valence-corrected chi connectivity index (χ2v) is 5.74. The van der Waals surface area contributed by atoms with Gasteiger partial charge in [-0.2, -0.15) is 0 Å². The molecule has 1 aromatic carbocycles. The molecule has 16 heavy (non-hydrogen) atoms. The van der Waals surface area contributed by atoms with E-state index in [1.807, 2.05) is 0 Å². The summed E-state index contributed by atoms with van der Waals surface area (Å²) in [6, 6.07) is 7.88. The van der Waals surface area contributed by atoms with Gasteiger partial charge in [0.05, 0.1) is 9.88 Å². The van der Waals surface area contributed by atoms with Gasteiger partial charge in [0.15, 0.2) is 0 Å². The molecule has 0 aromatic heterocycles. The Bertz CT molecular complexity index is 457. The molecular weight excluding hydrogens is 244 g/mol. The van der Waals surface area contributed by atoms with E-state index in [4.69, 9.17) is 18.0 Å². The summed E-state index contributed by atoms with van der Waals surface area (Å²) >= 11 is 4.72. The highest BCUT2D eigenvalue weighted by Crippen LogP contribution is 2.08. The molecule has 0 heterocycles. The first-order valence-electron chi connectivity index (χ1n) is 4.77. The average molecular weight is 258 g/mol. The lowest BCUT2D eigenvalue weighted by Crippen LogP contribution is -2.35. The fourth-order valence-electron chi connectivity index (χ4n) is 1.28. The number of thiocarbonyl (C=S) groups is 1. The number of rotatable bonds is 5. The highest BCUT2D eigenvalue weighted by atomic mass is 32.2. The summed E-state index contributed by atoms with van der Waals surface area (Å²) in [5, 5.41) is 0. The average Bonchev–Trinajstić information content (AvgIpc) is 2.16. The van der Waals surface area contributed by atoms with Crippen LogP contribution in [0.4, 0.5) is 0 Å². The third-order valence-electron chi connectivity index (χ3n) is 1.92. The van der Waals surface area contributed by atoms with Gasteiger partial charge in [0.25, 0.3) is 0 Å². The summed E-state index contributed by atoms with van der Waals surface area (Å²) in [6.07, 6.45) is 0.349. The van der Waals surface area contributed by atoms with Crippen molar-refractivity contribution >= 4 is 27.2 Å². The standard InChI is InChI=1S/C10H14N2O2S2/c1-8(7-10(11)15)12-16(13,14)9-5-3-2-4-6-9/h2-6,8,12H,7H2,1H3,(H2,11,15). The molecule has 0 saturated carbocycles. The molecule has 88 valence electrons. The van der Waals surface area contributed by atoms with Crippen molar-refractivity contribution in [2.24, 2.45) is 5.73 Å². The Morgan fingerprint density at radius 1 is 1.44 bits per heavy atom. The Labute approximate surface area is 101 Å². The van der Waals surface area contributed by atoms with Crippen molar-refractivity contribution in [2.45, 2.75) is 24.3 Å². The molecule has 6 heteroatoms. The number of benzene rings is 1. The first kappa shape index (κ1) is 13.1. The van der Waals surface area contributed by atoms with Gasteiger partial charge in [0, 0.05) is 12.5 Å². The van der Waals surface area contributed by atoms with Gasteiger partial charge < -0.3 is 5.73 Å². The molecule has 0 aliphatic carbocycles. The van der Waals surface area contributed by atoms with E-state index in [9.17, 15) is 8.42 Å². The second kappa shape index (κ2) is 5.38. The lowest BCUT2D eigenvalue weighted by atomic mass is 10.3. The molecule has 1 unspecified atom stereocenters. The molecule has 0 radical (unpaired) electrons. The first-order chi connectivity index (χ1) is 7.42. The fraction of sp³-hybridized carbons (Fsp3) is 0.300. The number of nitrogens with one attached hydrogen (secondary N) is 1. The zero-order valence-electron chi connectivity index (χ0n) is 8.88. The highest BCUT2D eigenvalue weighted by molar-refractivity contribution is 7.89. The topological polar surface area (TPSA) is 72.2 Å². The zero-order valence-corrected chi connectivity index (χ0v) is 10.5. The van der Waals surface area contributed by atoms with E-state index in [-0.39, 0.29) is 10.9 Å². The molecule has 0 aliphatic heterocycles. The minimum absolute atomic E-state index is 0.241. The Hall–Kier alpha value is -0.980. The number of hydrogen-bond acceptors (Lipinski definition) is 3. The van der Waals surface area contributed by atoms with Crippen LogP contribution in [0.15, 0.2) is 35.2 Å². The van der Waals surface area contributed by atoms with Gasteiger partial charge in [0.2, 0.25) is 10.0 Å². The maximum absolute atomic E-state index is 11.8. The number of hydrogen-bond donors (Lipinski definition) is 2. The van der Waals surface area contributed by atoms with Gasteiger partial charge in [-0.3, -0.25) is 0 Å². The summed E-state index contributed by atoms with van der Waals surface area (Å²) in [6.45, 7) is 1.72. The number of sulfonamides is 1. The van der Waals surface area contributed by atoms with Crippen LogP contribution in [-0.2, 0) is 10.0 Å². The highest BCUT2D eigenvalue weighted by Gasteiger charge is 2.16. The molecule has 1 aromatic rings. The van der Waals surface area contributed by atoms with Crippen molar-refractivity contribution in [1.82, 2.24) is 4.72 Å². The quantitative estimate of drug-likeness (QED) is 0.774. The monoisotopic (exact) mass is 258 g/mol. The van der Waals surface area contributed by atoms with Crippen LogP contribution in [0.2, 0.25) is 0 Å². The smallest absolute Gasteiger partial charge is 0.240 e. The van der Waals surface area contributed by atoms with Crippen LogP contribution in [0.5, 0.6) is 0 Å². The predicted molar refractivity (Wildman–Crippen MR) is 67.6 cm³/mol. The van der Waals surface area contributed by atoms with Gasteiger partial charge in [-0.1, -0.05) is 30.4 Å². The van der Waals surface area contributed by atoms with Crippen LogP contribution < -0.4 is 10.5 Å². The predicted octanol–water partition coefficient (Wildman–Crippen LogP) is 1.03. The molecule has 0 saturated heterocycles. The Balaban J connectivity index is 2.77. The van der Waals surface area contributed by atoms with Gasteiger partial charge >= 0.3 is 0 Å². The molecule has 1 atom stereocenters. The molecule has 0 fully saturated rings. The van der Waals surface area contributed by atoms with Crippen molar-refractivity contribution in [1.29, 1.82) is 0 Å². The Morgan fingerprint density at radius 2 is 2.00 bits per heavy atom. The van der Waals surface area contributed by atoms with E-state index in [2.05, 4.69) is 4.72 Å². The van der Waals surface area contributed by atoms with E-state index in [1.54, 1.807) is 25.1 Å². The van der Waals surface area contributed by atoms with Crippen molar-refractivity contribution in [3.63, 3.8) is 0 Å². The molecule has 0 amide bonds. The van der Waals surface area contributed by atoms with Crippen LogP contribution in [0, 0.1) is 0 Å². The molecule has 0 bridgehead atoms. The van der Waals surface area contributed by atoms with Gasteiger partial charge in [0.1, 0.15) is 0 Å².